The number of hydrogen-bond donors (Lipinski definition) is 1. The Bertz CT molecular complexity index is 225. The van der Waals surface area contributed by atoms with E-state index in [1.54, 1.807) is 0 Å². The average Bonchev–Trinajstić information content (AvgIpc) is 2.86. The van der Waals surface area contributed by atoms with Gasteiger partial charge in [-0.3, -0.25) is 0 Å². The molecular weight excluding hydrogens is 222 g/mol. The minimum absolute atomic E-state index is 0.587. The minimum atomic E-state index is 0.587. The minimum Gasteiger partial charge on any atom is -0.378 e. The fourth-order valence-electron chi connectivity index (χ4n) is 3.83. The summed E-state index contributed by atoms with van der Waals surface area (Å²) < 4.78 is 5.72. The van der Waals surface area contributed by atoms with E-state index in [1.165, 1.54) is 51.4 Å². The fraction of sp³-hybridized carbons (Fsp3) is 1.00. The summed E-state index contributed by atoms with van der Waals surface area (Å²) in [5.74, 6) is 1.85. The SMILES string of the molecule is CCNC1CCC(C)CC1CCCC1CCCO1. The lowest BCUT2D eigenvalue weighted by molar-refractivity contribution is 0.0979. The molecule has 0 aromatic rings. The monoisotopic (exact) mass is 253 g/mol. The molecule has 0 spiro atoms. The Morgan fingerprint density at radius 1 is 1.17 bits per heavy atom. The Morgan fingerprint density at radius 2 is 2.06 bits per heavy atom. The molecule has 0 radical (unpaired) electrons. The van der Waals surface area contributed by atoms with Gasteiger partial charge in [0.1, 0.15) is 0 Å². The van der Waals surface area contributed by atoms with Crippen LogP contribution in [0.2, 0.25) is 0 Å². The Hall–Kier alpha value is -0.0800. The van der Waals surface area contributed by atoms with Crippen molar-refractivity contribution in [2.75, 3.05) is 13.2 Å². The first-order valence-electron chi connectivity index (χ1n) is 8.14. The van der Waals surface area contributed by atoms with E-state index in [0.29, 0.717) is 6.10 Å². The molecule has 18 heavy (non-hydrogen) atoms. The van der Waals surface area contributed by atoms with E-state index >= 15 is 0 Å². The predicted octanol–water partition coefficient (Wildman–Crippen LogP) is 3.75. The molecule has 2 fully saturated rings. The standard InChI is InChI=1S/C16H31NO/c1-3-17-16-10-9-13(2)12-14(16)6-4-7-15-8-5-11-18-15/h13-17H,3-12H2,1-2H3. The van der Waals surface area contributed by atoms with Crippen LogP contribution >= 0.6 is 0 Å². The fourth-order valence-corrected chi connectivity index (χ4v) is 3.83. The van der Waals surface area contributed by atoms with Gasteiger partial charge in [0.15, 0.2) is 0 Å². The van der Waals surface area contributed by atoms with Crippen molar-refractivity contribution in [1.82, 2.24) is 5.32 Å². The summed E-state index contributed by atoms with van der Waals surface area (Å²) in [6, 6.07) is 0.788. The van der Waals surface area contributed by atoms with Crippen LogP contribution in [0.5, 0.6) is 0 Å². The molecule has 1 saturated heterocycles. The molecule has 2 heteroatoms. The first-order chi connectivity index (χ1) is 8.79. The molecule has 1 N–H and O–H groups in total. The zero-order valence-corrected chi connectivity index (χ0v) is 12.3. The third kappa shape index (κ3) is 4.24. The molecule has 2 rings (SSSR count). The van der Waals surface area contributed by atoms with Crippen molar-refractivity contribution in [3.05, 3.63) is 0 Å². The highest BCUT2D eigenvalue weighted by Gasteiger charge is 2.27. The summed E-state index contributed by atoms with van der Waals surface area (Å²) in [4.78, 5) is 0. The normalized spacial score (nSPS) is 37.0. The van der Waals surface area contributed by atoms with Gasteiger partial charge in [-0.1, -0.05) is 20.3 Å². The van der Waals surface area contributed by atoms with Crippen molar-refractivity contribution < 1.29 is 4.74 Å². The second-order valence-electron chi connectivity index (χ2n) is 6.41. The second kappa shape index (κ2) is 7.49. The van der Waals surface area contributed by atoms with Gasteiger partial charge in [-0.05, 0) is 63.3 Å². The number of rotatable bonds is 6. The van der Waals surface area contributed by atoms with Crippen LogP contribution in [-0.4, -0.2) is 25.3 Å². The highest BCUT2D eigenvalue weighted by atomic mass is 16.5. The lowest BCUT2D eigenvalue weighted by Crippen LogP contribution is -2.40. The maximum Gasteiger partial charge on any atom is 0.0576 e. The maximum absolute atomic E-state index is 5.72. The number of hydrogen-bond acceptors (Lipinski definition) is 2. The van der Waals surface area contributed by atoms with Gasteiger partial charge in [0, 0.05) is 12.6 Å². The number of ether oxygens (including phenoxy) is 1. The zero-order chi connectivity index (χ0) is 12.8. The van der Waals surface area contributed by atoms with E-state index in [1.807, 2.05) is 0 Å². The lowest BCUT2D eigenvalue weighted by Gasteiger charge is -2.35. The van der Waals surface area contributed by atoms with Crippen LogP contribution in [0.1, 0.15) is 65.2 Å². The molecule has 106 valence electrons. The molecule has 4 atom stereocenters. The highest BCUT2D eigenvalue weighted by Crippen LogP contribution is 2.33. The van der Waals surface area contributed by atoms with E-state index in [-0.39, 0.29) is 0 Å². The van der Waals surface area contributed by atoms with Crippen LogP contribution in [0.3, 0.4) is 0 Å². The summed E-state index contributed by atoms with van der Waals surface area (Å²) in [7, 11) is 0. The van der Waals surface area contributed by atoms with Crippen molar-refractivity contribution in [3.63, 3.8) is 0 Å². The van der Waals surface area contributed by atoms with E-state index in [9.17, 15) is 0 Å². The van der Waals surface area contributed by atoms with E-state index in [0.717, 1.165) is 31.0 Å². The molecule has 2 nitrogen and oxygen atoms in total. The predicted molar refractivity (Wildman–Crippen MR) is 76.8 cm³/mol. The van der Waals surface area contributed by atoms with Crippen molar-refractivity contribution in [3.8, 4) is 0 Å². The summed E-state index contributed by atoms with van der Waals surface area (Å²) in [5.41, 5.74) is 0. The van der Waals surface area contributed by atoms with Gasteiger partial charge in [0.2, 0.25) is 0 Å². The van der Waals surface area contributed by atoms with Crippen LogP contribution in [-0.2, 0) is 4.74 Å². The van der Waals surface area contributed by atoms with Gasteiger partial charge < -0.3 is 10.1 Å². The molecule has 1 aliphatic heterocycles. The average molecular weight is 253 g/mol. The molecule has 2 aliphatic rings. The first-order valence-corrected chi connectivity index (χ1v) is 8.14. The Balaban J connectivity index is 1.69. The van der Waals surface area contributed by atoms with Gasteiger partial charge in [-0.15, -0.1) is 0 Å². The topological polar surface area (TPSA) is 21.3 Å². The smallest absolute Gasteiger partial charge is 0.0576 e. The van der Waals surface area contributed by atoms with E-state index in [4.69, 9.17) is 4.74 Å². The summed E-state index contributed by atoms with van der Waals surface area (Å²) in [5, 5.41) is 3.70. The van der Waals surface area contributed by atoms with Crippen LogP contribution in [0, 0.1) is 11.8 Å². The molecule has 0 amide bonds. The third-order valence-corrected chi connectivity index (χ3v) is 4.84. The van der Waals surface area contributed by atoms with Crippen LogP contribution in [0.25, 0.3) is 0 Å². The maximum atomic E-state index is 5.72. The van der Waals surface area contributed by atoms with Crippen LogP contribution < -0.4 is 5.32 Å². The molecule has 1 aliphatic carbocycles. The molecular formula is C16H31NO. The molecule has 0 aromatic heterocycles. The van der Waals surface area contributed by atoms with Crippen LogP contribution in [0.15, 0.2) is 0 Å². The van der Waals surface area contributed by atoms with Gasteiger partial charge in [0.05, 0.1) is 6.10 Å². The van der Waals surface area contributed by atoms with Crippen molar-refractivity contribution in [1.29, 1.82) is 0 Å². The summed E-state index contributed by atoms with van der Waals surface area (Å²) >= 11 is 0. The molecule has 1 heterocycles. The first kappa shape index (κ1) is 14.3. The van der Waals surface area contributed by atoms with Gasteiger partial charge >= 0.3 is 0 Å². The quantitative estimate of drug-likeness (QED) is 0.778. The summed E-state index contributed by atoms with van der Waals surface area (Å²) in [6.45, 7) is 6.79. The lowest BCUT2D eigenvalue weighted by atomic mass is 9.76. The van der Waals surface area contributed by atoms with Gasteiger partial charge in [-0.2, -0.15) is 0 Å². The Morgan fingerprint density at radius 3 is 2.78 bits per heavy atom. The van der Waals surface area contributed by atoms with Gasteiger partial charge in [0.25, 0.3) is 0 Å². The van der Waals surface area contributed by atoms with E-state index < -0.39 is 0 Å². The highest BCUT2D eigenvalue weighted by molar-refractivity contribution is 4.83. The third-order valence-electron chi connectivity index (χ3n) is 4.84. The molecule has 1 saturated carbocycles. The Kier molecular flexibility index (Phi) is 5.97. The molecule has 4 unspecified atom stereocenters. The molecule has 0 bridgehead atoms. The number of nitrogens with one attached hydrogen (secondary N) is 1. The second-order valence-corrected chi connectivity index (χ2v) is 6.41. The van der Waals surface area contributed by atoms with E-state index in [2.05, 4.69) is 19.2 Å². The molecule has 0 aromatic carbocycles. The largest absolute Gasteiger partial charge is 0.378 e. The zero-order valence-electron chi connectivity index (χ0n) is 12.3. The van der Waals surface area contributed by atoms with Crippen LogP contribution in [0.4, 0.5) is 0 Å². The van der Waals surface area contributed by atoms with Crippen molar-refractivity contribution in [2.45, 2.75) is 77.4 Å². The van der Waals surface area contributed by atoms with Gasteiger partial charge in [-0.25, -0.2) is 0 Å². The summed E-state index contributed by atoms with van der Waals surface area (Å²) in [6.07, 6.45) is 11.5. The van der Waals surface area contributed by atoms with Crippen molar-refractivity contribution >= 4 is 0 Å². The van der Waals surface area contributed by atoms with Crippen molar-refractivity contribution in [2.24, 2.45) is 11.8 Å². The Labute approximate surface area is 113 Å².